The zero-order valence-electron chi connectivity index (χ0n) is 9.31. The van der Waals surface area contributed by atoms with Crippen molar-refractivity contribution in [1.29, 1.82) is 5.26 Å². The number of hydrogen-bond donors (Lipinski definition) is 1. The maximum absolute atomic E-state index is 11.0. The van der Waals surface area contributed by atoms with Crippen molar-refractivity contribution in [3.8, 4) is 6.07 Å². The van der Waals surface area contributed by atoms with E-state index in [9.17, 15) is 4.79 Å². The van der Waals surface area contributed by atoms with Crippen LogP contribution in [-0.2, 0) is 11.2 Å². The molecular weight excluding hydrogens is 202 g/mol. The second-order valence-corrected chi connectivity index (χ2v) is 3.84. The van der Waals surface area contributed by atoms with E-state index < -0.39 is 5.97 Å². The molecule has 1 N–H and O–H groups in total. The average Bonchev–Trinajstić information content (AvgIpc) is 2.28. The molecule has 1 rings (SSSR count). The summed E-state index contributed by atoms with van der Waals surface area (Å²) in [4.78, 5) is 11.0. The smallest absolute Gasteiger partial charge is 0.306 e. The Morgan fingerprint density at radius 3 is 2.88 bits per heavy atom. The third-order valence-electron chi connectivity index (χ3n) is 2.52. The van der Waals surface area contributed by atoms with Gasteiger partial charge in [0.2, 0.25) is 0 Å². The molecule has 16 heavy (non-hydrogen) atoms. The van der Waals surface area contributed by atoms with Gasteiger partial charge in [0.15, 0.2) is 0 Å². The Morgan fingerprint density at radius 2 is 2.31 bits per heavy atom. The van der Waals surface area contributed by atoms with Crippen LogP contribution in [0.25, 0.3) is 0 Å². The standard InChI is InChI=1S/C13H15NO2/c1-2-4-12(13(15)16)8-10-5-3-6-11(7-10)9-14/h3,5-7,12H,2,4,8H2,1H3,(H,15,16). The second-order valence-electron chi connectivity index (χ2n) is 3.84. The Hall–Kier alpha value is -1.82. The minimum atomic E-state index is -0.760. The van der Waals surface area contributed by atoms with Gasteiger partial charge in [-0.2, -0.15) is 5.26 Å². The van der Waals surface area contributed by atoms with Crippen LogP contribution in [0.4, 0.5) is 0 Å². The lowest BCUT2D eigenvalue weighted by Gasteiger charge is -2.10. The van der Waals surface area contributed by atoms with Gasteiger partial charge in [-0.15, -0.1) is 0 Å². The second kappa shape index (κ2) is 5.92. The normalized spacial score (nSPS) is 11.8. The van der Waals surface area contributed by atoms with Gasteiger partial charge in [0.25, 0.3) is 0 Å². The van der Waals surface area contributed by atoms with Crippen molar-refractivity contribution in [2.75, 3.05) is 0 Å². The van der Waals surface area contributed by atoms with Crippen molar-refractivity contribution in [3.05, 3.63) is 35.4 Å². The SMILES string of the molecule is CCCC(Cc1cccc(C#N)c1)C(=O)O. The summed E-state index contributed by atoms with van der Waals surface area (Å²) in [5.41, 5.74) is 1.50. The number of aliphatic carboxylic acids is 1. The molecular formula is C13H15NO2. The molecule has 1 unspecified atom stereocenters. The number of rotatable bonds is 5. The van der Waals surface area contributed by atoms with E-state index in [1.54, 1.807) is 18.2 Å². The van der Waals surface area contributed by atoms with Crippen LogP contribution in [-0.4, -0.2) is 11.1 Å². The van der Waals surface area contributed by atoms with E-state index in [-0.39, 0.29) is 5.92 Å². The van der Waals surface area contributed by atoms with Crippen LogP contribution in [0.5, 0.6) is 0 Å². The highest BCUT2D eigenvalue weighted by Crippen LogP contribution is 2.15. The molecule has 3 nitrogen and oxygen atoms in total. The quantitative estimate of drug-likeness (QED) is 0.824. The van der Waals surface area contributed by atoms with Gasteiger partial charge >= 0.3 is 5.97 Å². The summed E-state index contributed by atoms with van der Waals surface area (Å²) < 4.78 is 0. The molecule has 1 aromatic carbocycles. The van der Waals surface area contributed by atoms with Crippen LogP contribution < -0.4 is 0 Å². The number of benzene rings is 1. The summed E-state index contributed by atoms with van der Waals surface area (Å²) in [6.07, 6.45) is 2.03. The predicted molar refractivity (Wildman–Crippen MR) is 60.9 cm³/mol. The number of hydrogen-bond acceptors (Lipinski definition) is 2. The van der Waals surface area contributed by atoms with Gasteiger partial charge in [-0.05, 0) is 30.5 Å². The van der Waals surface area contributed by atoms with Crippen molar-refractivity contribution in [2.45, 2.75) is 26.2 Å². The maximum atomic E-state index is 11.0. The molecule has 0 aliphatic heterocycles. The Kier molecular flexibility index (Phi) is 4.53. The van der Waals surface area contributed by atoms with Crippen LogP contribution in [0.15, 0.2) is 24.3 Å². The van der Waals surface area contributed by atoms with Crippen LogP contribution in [0, 0.1) is 17.2 Å². The maximum Gasteiger partial charge on any atom is 0.306 e. The fourth-order valence-corrected chi connectivity index (χ4v) is 1.71. The number of carboxylic acid groups (broad SMARTS) is 1. The summed E-state index contributed by atoms with van der Waals surface area (Å²) in [6, 6.07) is 9.19. The van der Waals surface area contributed by atoms with Crippen LogP contribution in [0.1, 0.15) is 30.9 Å². The zero-order chi connectivity index (χ0) is 12.0. The summed E-state index contributed by atoms with van der Waals surface area (Å²) in [5.74, 6) is -1.11. The molecule has 0 aliphatic carbocycles. The lowest BCUT2D eigenvalue weighted by atomic mass is 9.94. The largest absolute Gasteiger partial charge is 0.481 e. The fourth-order valence-electron chi connectivity index (χ4n) is 1.71. The van der Waals surface area contributed by atoms with E-state index in [0.29, 0.717) is 18.4 Å². The first-order valence-corrected chi connectivity index (χ1v) is 5.39. The third kappa shape index (κ3) is 3.39. The van der Waals surface area contributed by atoms with Gasteiger partial charge in [-0.1, -0.05) is 25.5 Å². The Labute approximate surface area is 95.3 Å². The van der Waals surface area contributed by atoms with Gasteiger partial charge in [0.05, 0.1) is 17.6 Å². The minimum Gasteiger partial charge on any atom is -0.481 e. The van der Waals surface area contributed by atoms with Crippen molar-refractivity contribution in [2.24, 2.45) is 5.92 Å². The average molecular weight is 217 g/mol. The summed E-state index contributed by atoms with van der Waals surface area (Å²) in [7, 11) is 0. The molecule has 0 radical (unpaired) electrons. The fraction of sp³-hybridized carbons (Fsp3) is 0.385. The highest BCUT2D eigenvalue weighted by Gasteiger charge is 2.16. The van der Waals surface area contributed by atoms with Crippen molar-refractivity contribution < 1.29 is 9.90 Å². The van der Waals surface area contributed by atoms with Gasteiger partial charge in [0, 0.05) is 0 Å². The van der Waals surface area contributed by atoms with Crippen LogP contribution >= 0.6 is 0 Å². The lowest BCUT2D eigenvalue weighted by molar-refractivity contribution is -0.141. The van der Waals surface area contributed by atoms with Crippen molar-refractivity contribution >= 4 is 5.97 Å². The van der Waals surface area contributed by atoms with E-state index >= 15 is 0 Å². The molecule has 0 aromatic heterocycles. The molecule has 0 spiro atoms. The zero-order valence-corrected chi connectivity index (χ0v) is 9.31. The number of carbonyl (C=O) groups is 1. The highest BCUT2D eigenvalue weighted by atomic mass is 16.4. The number of nitriles is 1. The van der Waals surface area contributed by atoms with E-state index in [4.69, 9.17) is 10.4 Å². The van der Waals surface area contributed by atoms with E-state index in [1.165, 1.54) is 0 Å². The van der Waals surface area contributed by atoms with E-state index in [1.807, 2.05) is 13.0 Å². The first kappa shape index (κ1) is 12.3. The Morgan fingerprint density at radius 1 is 1.56 bits per heavy atom. The molecule has 0 fully saturated rings. The Bertz CT molecular complexity index is 407. The predicted octanol–water partition coefficient (Wildman–Crippen LogP) is 2.60. The minimum absolute atomic E-state index is 0.348. The molecule has 3 heteroatoms. The molecule has 0 saturated heterocycles. The molecule has 0 aliphatic rings. The van der Waals surface area contributed by atoms with Gasteiger partial charge < -0.3 is 5.11 Å². The van der Waals surface area contributed by atoms with E-state index in [0.717, 1.165) is 12.0 Å². The van der Waals surface area contributed by atoms with E-state index in [2.05, 4.69) is 6.07 Å². The van der Waals surface area contributed by atoms with Crippen molar-refractivity contribution in [3.63, 3.8) is 0 Å². The molecule has 0 saturated carbocycles. The van der Waals surface area contributed by atoms with Crippen LogP contribution in [0.2, 0.25) is 0 Å². The summed E-state index contributed by atoms with van der Waals surface area (Å²) in [5, 5.41) is 17.8. The molecule has 1 atom stereocenters. The van der Waals surface area contributed by atoms with Crippen LogP contribution in [0.3, 0.4) is 0 Å². The van der Waals surface area contributed by atoms with Gasteiger partial charge in [-0.25, -0.2) is 0 Å². The highest BCUT2D eigenvalue weighted by molar-refractivity contribution is 5.70. The molecule has 84 valence electrons. The van der Waals surface area contributed by atoms with Crippen molar-refractivity contribution in [1.82, 2.24) is 0 Å². The molecule has 1 aromatic rings. The first-order valence-electron chi connectivity index (χ1n) is 5.39. The number of carboxylic acids is 1. The molecule has 0 amide bonds. The third-order valence-corrected chi connectivity index (χ3v) is 2.52. The topological polar surface area (TPSA) is 61.1 Å². The summed E-state index contributed by atoms with van der Waals surface area (Å²) in [6.45, 7) is 1.97. The lowest BCUT2D eigenvalue weighted by Crippen LogP contribution is -2.16. The Balaban J connectivity index is 2.77. The molecule has 0 heterocycles. The summed E-state index contributed by atoms with van der Waals surface area (Å²) >= 11 is 0. The monoisotopic (exact) mass is 217 g/mol. The molecule has 0 bridgehead atoms. The first-order chi connectivity index (χ1) is 7.67. The number of nitrogens with zero attached hydrogens (tertiary/aromatic N) is 1. The van der Waals surface area contributed by atoms with Gasteiger partial charge in [0.1, 0.15) is 0 Å². The van der Waals surface area contributed by atoms with Gasteiger partial charge in [-0.3, -0.25) is 4.79 Å².